The smallest absolute Gasteiger partial charge is 0.107 e. The second kappa shape index (κ2) is 6.11. The third-order valence-corrected chi connectivity index (χ3v) is 5.77. The lowest BCUT2D eigenvalue weighted by Gasteiger charge is -2.37. The quantitative estimate of drug-likeness (QED) is 0.832. The summed E-state index contributed by atoms with van der Waals surface area (Å²) >= 11 is 2.18. The molecule has 0 aliphatic heterocycles. The molecule has 0 amide bonds. The average Bonchev–Trinajstić information content (AvgIpc) is 2.83. The third kappa shape index (κ3) is 3.39. The van der Waals surface area contributed by atoms with Crippen molar-refractivity contribution < 1.29 is 0 Å². The minimum Gasteiger partial charge on any atom is -0.300 e. The lowest BCUT2D eigenvalue weighted by atomic mass is 9.82. The highest BCUT2D eigenvalue weighted by Gasteiger charge is 2.37. The molecule has 2 aliphatic rings. The van der Waals surface area contributed by atoms with E-state index in [9.17, 15) is 5.26 Å². The van der Waals surface area contributed by atoms with Crippen LogP contribution in [0.25, 0.3) is 0 Å². The van der Waals surface area contributed by atoms with Crippen LogP contribution in [0.3, 0.4) is 0 Å². The first-order valence-electron chi connectivity index (χ1n) is 7.10. The summed E-state index contributed by atoms with van der Waals surface area (Å²) in [5.74, 6) is 0. The molecule has 2 unspecified atom stereocenters. The van der Waals surface area contributed by atoms with E-state index in [1.807, 2.05) is 0 Å². The lowest BCUT2D eigenvalue weighted by molar-refractivity contribution is 0.309. The van der Waals surface area contributed by atoms with Gasteiger partial charge in [-0.15, -0.1) is 0 Å². The first kappa shape index (κ1) is 13.2. The summed E-state index contributed by atoms with van der Waals surface area (Å²) in [6.07, 6.45) is 10.3. The highest BCUT2D eigenvalue weighted by molar-refractivity contribution is 8.00. The summed E-state index contributed by atoms with van der Waals surface area (Å²) in [6.45, 7) is 3.02. The summed E-state index contributed by atoms with van der Waals surface area (Å²) < 4.78 is 0. The van der Waals surface area contributed by atoms with E-state index < -0.39 is 0 Å². The summed E-state index contributed by atoms with van der Waals surface area (Å²) in [4.78, 5) is 0. The molecule has 0 aromatic rings. The number of hydrogen-bond acceptors (Lipinski definition) is 3. The van der Waals surface area contributed by atoms with Crippen molar-refractivity contribution >= 4 is 11.8 Å². The molecule has 17 heavy (non-hydrogen) atoms. The first-order chi connectivity index (χ1) is 8.28. The summed E-state index contributed by atoms with van der Waals surface area (Å²) in [6, 6.07) is 2.55. The lowest BCUT2D eigenvalue weighted by Crippen LogP contribution is -2.48. The number of rotatable bonds is 4. The average molecular weight is 252 g/mol. The Hall–Kier alpha value is -0.200. The van der Waals surface area contributed by atoms with Gasteiger partial charge in [0.05, 0.1) is 6.07 Å². The van der Waals surface area contributed by atoms with Gasteiger partial charge in [0, 0.05) is 10.5 Å². The molecule has 0 spiro atoms. The minimum absolute atomic E-state index is 0.219. The molecule has 2 fully saturated rings. The fourth-order valence-electron chi connectivity index (χ4n) is 3.28. The Morgan fingerprint density at radius 1 is 1.24 bits per heavy atom. The number of nitriles is 1. The molecule has 2 nitrogen and oxygen atoms in total. The summed E-state index contributed by atoms with van der Waals surface area (Å²) in [5, 5.41) is 14.5. The summed E-state index contributed by atoms with van der Waals surface area (Å²) in [5.41, 5.74) is -0.219. The van der Waals surface area contributed by atoms with Gasteiger partial charge in [-0.25, -0.2) is 0 Å². The number of thioether (sulfide) groups is 1. The Balaban J connectivity index is 1.89. The normalized spacial score (nSPS) is 34.7. The highest BCUT2D eigenvalue weighted by atomic mass is 32.2. The van der Waals surface area contributed by atoms with Crippen molar-refractivity contribution in [3.05, 3.63) is 0 Å². The van der Waals surface area contributed by atoms with Crippen LogP contribution in [0.4, 0.5) is 0 Å². The van der Waals surface area contributed by atoms with Gasteiger partial charge in [0.1, 0.15) is 5.54 Å². The van der Waals surface area contributed by atoms with Crippen molar-refractivity contribution in [3.63, 3.8) is 0 Å². The van der Waals surface area contributed by atoms with Crippen molar-refractivity contribution in [1.82, 2.24) is 5.32 Å². The zero-order valence-corrected chi connectivity index (χ0v) is 11.7. The molecule has 2 aliphatic carbocycles. The molecular formula is C14H24N2S. The van der Waals surface area contributed by atoms with Gasteiger partial charge in [0.25, 0.3) is 0 Å². The molecule has 0 bridgehead atoms. The monoisotopic (exact) mass is 252 g/mol. The molecule has 1 N–H and O–H groups in total. The van der Waals surface area contributed by atoms with E-state index in [0.717, 1.165) is 24.6 Å². The van der Waals surface area contributed by atoms with Gasteiger partial charge < -0.3 is 0 Å². The standard InChI is InChI=1S/C14H24N2S/c1-2-16-14(11-15)9-5-8-13(10-14)17-12-6-3-4-7-12/h12-13,16H,2-10H2,1H3. The second-order valence-electron chi connectivity index (χ2n) is 5.49. The predicted octanol–water partition coefficient (Wildman–Crippen LogP) is 3.48. The van der Waals surface area contributed by atoms with Gasteiger partial charge in [-0.2, -0.15) is 17.0 Å². The maximum absolute atomic E-state index is 9.43. The van der Waals surface area contributed by atoms with Crippen LogP contribution in [0.2, 0.25) is 0 Å². The van der Waals surface area contributed by atoms with Crippen LogP contribution in [0, 0.1) is 11.3 Å². The van der Waals surface area contributed by atoms with E-state index >= 15 is 0 Å². The van der Waals surface area contributed by atoms with E-state index in [-0.39, 0.29) is 5.54 Å². The molecule has 2 atom stereocenters. The summed E-state index contributed by atoms with van der Waals surface area (Å²) in [7, 11) is 0. The highest BCUT2D eigenvalue weighted by Crippen LogP contribution is 2.40. The molecule has 0 saturated heterocycles. The molecule has 0 heterocycles. The van der Waals surface area contributed by atoms with Crippen LogP contribution in [0.5, 0.6) is 0 Å². The largest absolute Gasteiger partial charge is 0.300 e. The molecular weight excluding hydrogens is 228 g/mol. The van der Waals surface area contributed by atoms with Crippen molar-refractivity contribution in [2.24, 2.45) is 0 Å². The predicted molar refractivity (Wildman–Crippen MR) is 74.1 cm³/mol. The molecule has 0 aromatic heterocycles. The maximum Gasteiger partial charge on any atom is 0.107 e. The number of hydrogen-bond donors (Lipinski definition) is 1. The second-order valence-corrected chi connectivity index (χ2v) is 7.09. The van der Waals surface area contributed by atoms with Gasteiger partial charge >= 0.3 is 0 Å². The van der Waals surface area contributed by atoms with E-state index in [4.69, 9.17) is 0 Å². The van der Waals surface area contributed by atoms with Crippen LogP contribution in [-0.2, 0) is 0 Å². The first-order valence-corrected chi connectivity index (χ1v) is 8.04. The Labute approximate surface area is 110 Å². The molecule has 0 aromatic carbocycles. The zero-order chi connectivity index (χ0) is 12.1. The van der Waals surface area contributed by atoms with Gasteiger partial charge in [-0.05, 0) is 45.1 Å². The van der Waals surface area contributed by atoms with Crippen LogP contribution in [0.1, 0.15) is 58.3 Å². The van der Waals surface area contributed by atoms with Crippen molar-refractivity contribution in [2.75, 3.05) is 6.54 Å². The van der Waals surface area contributed by atoms with Gasteiger partial charge in [0.15, 0.2) is 0 Å². The fourth-order valence-corrected chi connectivity index (χ4v) is 5.11. The van der Waals surface area contributed by atoms with Gasteiger partial charge in [0.2, 0.25) is 0 Å². The SMILES string of the molecule is CCNC1(C#N)CCCC(SC2CCCC2)C1. The minimum atomic E-state index is -0.219. The van der Waals surface area contributed by atoms with E-state index in [1.165, 1.54) is 38.5 Å². The van der Waals surface area contributed by atoms with Crippen molar-refractivity contribution in [2.45, 2.75) is 74.3 Å². The van der Waals surface area contributed by atoms with Gasteiger partial charge in [-0.1, -0.05) is 19.8 Å². The van der Waals surface area contributed by atoms with E-state index in [2.05, 4.69) is 30.1 Å². The molecule has 96 valence electrons. The van der Waals surface area contributed by atoms with E-state index in [1.54, 1.807) is 0 Å². The van der Waals surface area contributed by atoms with Crippen LogP contribution in [-0.4, -0.2) is 22.6 Å². The Morgan fingerprint density at radius 2 is 1.94 bits per heavy atom. The van der Waals surface area contributed by atoms with Crippen LogP contribution >= 0.6 is 11.8 Å². The molecule has 3 heteroatoms. The van der Waals surface area contributed by atoms with Crippen LogP contribution in [0.15, 0.2) is 0 Å². The molecule has 2 rings (SSSR count). The maximum atomic E-state index is 9.43. The van der Waals surface area contributed by atoms with E-state index in [0.29, 0.717) is 5.25 Å². The van der Waals surface area contributed by atoms with Crippen LogP contribution < -0.4 is 5.32 Å². The van der Waals surface area contributed by atoms with Crippen molar-refractivity contribution in [1.29, 1.82) is 5.26 Å². The molecule has 0 radical (unpaired) electrons. The number of nitrogens with one attached hydrogen (secondary N) is 1. The van der Waals surface area contributed by atoms with Gasteiger partial charge in [-0.3, -0.25) is 5.32 Å². The third-order valence-electron chi connectivity index (χ3n) is 4.12. The topological polar surface area (TPSA) is 35.8 Å². The zero-order valence-electron chi connectivity index (χ0n) is 10.9. The Kier molecular flexibility index (Phi) is 4.76. The number of nitrogens with zero attached hydrogens (tertiary/aromatic N) is 1. The Bertz CT molecular complexity index is 276. The fraction of sp³-hybridized carbons (Fsp3) is 0.929. The Morgan fingerprint density at radius 3 is 2.59 bits per heavy atom. The van der Waals surface area contributed by atoms with Crippen molar-refractivity contribution in [3.8, 4) is 6.07 Å². The molecule has 2 saturated carbocycles.